The predicted molar refractivity (Wildman–Crippen MR) is 46.2 cm³/mol. The van der Waals surface area contributed by atoms with Gasteiger partial charge < -0.3 is 0 Å². The summed E-state index contributed by atoms with van der Waals surface area (Å²) >= 11 is 0. The number of hydrogen-bond donors (Lipinski definition) is 0. The van der Waals surface area contributed by atoms with Gasteiger partial charge in [-0.25, -0.2) is 0 Å². The van der Waals surface area contributed by atoms with Crippen molar-refractivity contribution >= 4 is 0 Å². The lowest BCUT2D eigenvalue weighted by molar-refractivity contribution is 1.92. The molecule has 0 aromatic rings. The third-order valence-corrected chi connectivity index (χ3v) is 0.631. The van der Waals surface area contributed by atoms with Crippen molar-refractivity contribution in [1.29, 1.82) is 0 Å². The Hall–Kier alpha value is -2.02. The van der Waals surface area contributed by atoms with E-state index >= 15 is 0 Å². The molecule has 0 heterocycles. The van der Waals surface area contributed by atoms with Crippen LogP contribution < -0.4 is 0 Å². The minimum atomic E-state index is 1.50. The maximum absolute atomic E-state index is 3.31. The second-order valence-electron chi connectivity index (χ2n) is 1.36. The zero-order valence-electron chi connectivity index (χ0n) is 6.28. The minimum absolute atomic E-state index is 1.50. The van der Waals surface area contributed by atoms with Crippen LogP contribution in [0.25, 0.3) is 0 Å². The first-order chi connectivity index (χ1) is 5.41. The molecule has 0 radical (unpaired) electrons. The molecule has 11 heavy (non-hydrogen) atoms. The molecule has 0 aliphatic heterocycles. The third kappa shape index (κ3) is 7.98. The molecule has 0 nitrogen and oxygen atoms in total. The summed E-state index contributed by atoms with van der Waals surface area (Å²) in [7, 11) is 0. The van der Waals surface area contributed by atoms with Crippen molar-refractivity contribution in [2.75, 3.05) is 0 Å². The van der Waals surface area contributed by atoms with E-state index in [0.717, 1.165) is 0 Å². The average Bonchev–Trinajstić information content (AvgIpc) is 2.03. The van der Waals surface area contributed by atoms with Gasteiger partial charge in [-0.15, -0.1) is 0 Å². The topological polar surface area (TPSA) is 0 Å². The fraction of sp³-hybridized carbons (Fsp3) is 0.0909. The van der Waals surface area contributed by atoms with E-state index in [9.17, 15) is 0 Å². The molecule has 0 spiro atoms. The van der Waals surface area contributed by atoms with Crippen LogP contribution in [-0.4, -0.2) is 0 Å². The summed E-state index contributed by atoms with van der Waals surface area (Å²) < 4.78 is 0. The van der Waals surface area contributed by atoms with Gasteiger partial charge in [0.2, 0.25) is 0 Å². The second-order valence-corrected chi connectivity index (χ2v) is 1.36. The molecule has 0 aromatic carbocycles. The fourth-order valence-corrected chi connectivity index (χ4v) is 0.284. The molecule has 0 fully saturated rings. The van der Waals surface area contributed by atoms with Gasteiger partial charge in [0.1, 0.15) is 0 Å². The summed E-state index contributed by atoms with van der Waals surface area (Å²) in [6.45, 7) is 5.04. The van der Waals surface area contributed by atoms with Crippen LogP contribution in [0.2, 0.25) is 0 Å². The Kier molecular flexibility index (Phi) is 6.51. The maximum Gasteiger partial charge on any atom is 0.0396 e. The van der Waals surface area contributed by atoms with Crippen molar-refractivity contribution in [1.82, 2.24) is 0 Å². The van der Waals surface area contributed by atoms with Crippen molar-refractivity contribution in [2.45, 2.75) is 6.92 Å². The van der Waals surface area contributed by atoms with Gasteiger partial charge in [-0.2, -0.15) is 0 Å². The SMILES string of the molecule is C=C=C=CC#CC#CC#CC. The maximum atomic E-state index is 3.31. The van der Waals surface area contributed by atoms with Crippen molar-refractivity contribution in [3.63, 3.8) is 0 Å². The molecule has 0 unspecified atom stereocenters. The molecule has 0 aromatic heterocycles. The fourth-order valence-electron chi connectivity index (χ4n) is 0.284. The summed E-state index contributed by atoms with van der Waals surface area (Å²) in [5.41, 5.74) is 5.01. The molecule has 0 aliphatic rings. The molecule has 0 atom stereocenters. The van der Waals surface area contributed by atoms with E-state index in [1.165, 1.54) is 6.08 Å². The molecule has 50 valence electrons. The van der Waals surface area contributed by atoms with Crippen LogP contribution in [-0.2, 0) is 0 Å². The molecule has 0 saturated heterocycles. The van der Waals surface area contributed by atoms with Gasteiger partial charge in [0.25, 0.3) is 0 Å². The molecule has 0 heteroatoms. The van der Waals surface area contributed by atoms with Crippen LogP contribution in [0.3, 0.4) is 0 Å². The predicted octanol–water partition coefficient (Wildman–Crippen LogP) is 1.51. The summed E-state index contributed by atoms with van der Waals surface area (Å²) in [6, 6.07) is 0. The van der Waals surface area contributed by atoms with Gasteiger partial charge in [-0.3, -0.25) is 0 Å². The van der Waals surface area contributed by atoms with Crippen LogP contribution >= 0.6 is 0 Å². The number of rotatable bonds is 0. The lowest BCUT2D eigenvalue weighted by Gasteiger charge is -1.54. The van der Waals surface area contributed by atoms with Gasteiger partial charge in [0.05, 0.1) is 0 Å². The molecule has 0 N–H and O–H groups in total. The lowest BCUT2D eigenvalue weighted by Crippen LogP contribution is -1.50. The van der Waals surface area contributed by atoms with Crippen molar-refractivity contribution in [3.8, 4) is 35.5 Å². The Balaban J connectivity index is 4.12. The van der Waals surface area contributed by atoms with E-state index in [2.05, 4.69) is 53.6 Å². The van der Waals surface area contributed by atoms with Crippen molar-refractivity contribution < 1.29 is 0 Å². The van der Waals surface area contributed by atoms with E-state index in [-0.39, 0.29) is 0 Å². The molecular weight excluding hydrogens is 132 g/mol. The standard InChI is InChI=1S/C11H6/c1-3-5-7-9-11-10-8-6-4-2/h7H,1H2,2H3. The lowest BCUT2D eigenvalue weighted by atomic mass is 10.5. The Morgan fingerprint density at radius 1 is 1.09 bits per heavy atom. The van der Waals surface area contributed by atoms with Gasteiger partial charge in [-0.1, -0.05) is 23.3 Å². The van der Waals surface area contributed by atoms with Crippen molar-refractivity contribution in [3.05, 3.63) is 24.1 Å². The van der Waals surface area contributed by atoms with E-state index in [0.29, 0.717) is 0 Å². The largest absolute Gasteiger partial charge is 0.0925 e. The highest BCUT2D eigenvalue weighted by molar-refractivity contribution is 5.37. The van der Waals surface area contributed by atoms with E-state index in [4.69, 9.17) is 0 Å². The van der Waals surface area contributed by atoms with Crippen LogP contribution in [0.15, 0.2) is 24.1 Å². The first-order valence-electron chi connectivity index (χ1n) is 2.93. The van der Waals surface area contributed by atoms with Gasteiger partial charge in [0, 0.05) is 6.08 Å². The zero-order valence-corrected chi connectivity index (χ0v) is 6.28. The van der Waals surface area contributed by atoms with Crippen LogP contribution in [0.1, 0.15) is 6.92 Å². The molecule has 0 rings (SSSR count). The van der Waals surface area contributed by atoms with Crippen LogP contribution in [0.5, 0.6) is 0 Å². The van der Waals surface area contributed by atoms with Crippen LogP contribution in [0.4, 0.5) is 0 Å². The summed E-state index contributed by atoms with van der Waals surface area (Å²) in [6.07, 6.45) is 1.50. The highest BCUT2D eigenvalue weighted by Crippen LogP contribution is 1.59. The summed E-state index contributed by atoms with van der Waals surface area (Å²) in [5, 5.41) is 0. The smallest absolute Gasteiger partial charge is 0.0396 e. The normalized spacial score (nSPS) is 4.09. The molecule has 0 saturated carbocycles. The number of hydrogen-bond acceptors (Lipinski definition) is 0. The van der Waals surface area contributed by atoms with Crippen molar-refractivity contribution in [2.24, 2.45) is 0 Å². The summed E-state index contributed by atoms with van der Waals surface area (Å²) in [4.78, 5) is 0. The second kappa shape index (κ2) is 7.98. The van der Waals surface area contributed by atoms with Gasteiger partial charge in [0.15, 0.2) is 0 Å². The van der Waals surface area contributed by atoms with E-state index in [1.807, 2.05) is 0 Å². The summed E-state index contributed by atoms with van der Waals surface area (Å²) in [5.74, 6) is 15.4. The highest BCUT2D eigenvalue weighted by Gasteiger charge is 1.52. The number of allylic oxidation sites excluding steroid dienone is 1. The Morgan fingerprint density at radius 2 is 1.82 bits per heavy atom. The molecular formula is C11H6. The zero-order chi connectivity index (χ0) is 8.36. The molecule has 0 bridgehead atoms. The molecule has 0 amide bonds. The molecule has 0 aliphatic carbocycles. The van der Waals surface area contributed by atoms with Gasteiger partial charge in [-0.05, 0) is 37.2 Å². The first-order valence-corrected chi connectivity index (χ1v) is 2.93. The quantitative estimate of drug-likeness (QED) is 0.351. The third-order valence-electron chi connectivity index (χ3n) is 0.631. The Labute approximate surface area is 67.3 Å². The van der Waals surface area contributed by atoms with E-state index < -0.39 is 0 Å². The van der Waals surface area contributed by atoms with Crippen LogP contribution in [0, 0.1) is 35.5 Å². The first kappa shape index (κ1) is 8.98. The Bertz CT molecular complexity index is 365. The average molecular weight is 138 g/mol. The highest BCUT2D eigenvalue weighted by atomic mass is 13.5. The minimum Gasteiger partial charge on any atom is -0.0925 e. The monoisotopic (exact) mass is 138 g/mol. The Morgan fingerprint density at radius 3 is 2.45 bits per heavy atom. The van der Waals surface area contributed by atoms with Gasteiger partial charge >= 0.3 is 0 Å². The van der Waals surface area contributed by atoms with E-state index in [1.54, 1.807) is 6.92 Å².